The van der Waals surface area contributed by atoms with Gasteiger partial charge >= 0.3 is 6.18 Å². The zero-order chi connectivity index (χ0) is 21.2. The van der Waals surface area contributed by atoms with Crippen LogP contribution in [0.25, 0.3) is 0 Å². The Morgan fingerprint density at radius 3 is 2.33 bits per heavy atom. The topological polar surface area (TPSA) is 86.7 Å². The minimum atomic E-state index is -4.58. The molecule has 0 aliphatic carbocycles. The molecule has 0 bridgehead atoms. The summed E-state index contributed by atoms with van der Waals surface area (Å²) in [5.74, 6) is -1.40. The number of amides is 1. The number of phenolic OH excluding ortho intramolecular Hbond substituents is 1. The molecule has 3 rings (SSSR count). The lowest BCUT2D eigenvalue weighted by Gasteiger charge is -2.26. The average Bonchev–Trinajstić information content (AvgIpc) is 2.68. The molecule has 1 amide bonds. The number of benzene rings is 2. The van der Waals surface area contributed by atoms with Gasteiger partial charge in [0, 0.05) is 18.8 Å². The van der Waals surface area contributed by atoms with Crippen LogP contribution in [0.1, 0.15) is 35.2 Å². The number of anilines is 1. The Hall–Kier alpha value is -2.30. The molecule has 0 aromatic heterocycles. The van der Waals surface area contributed by atoms with Crippen molar-refractivity contribution in [2.45, 2.75) is 30.3 Å². The van der Waals surface area contributed by atoms with Crippen molar-refractivity contribution in [2.75, 3.05) is 18.4 Å². The van der Waals surface area contributed by atoms with Crippen LogP contribution in [-0.4, -0.2) is 36.8 Å². The number of nitrogens with one attached hydrogen (secondary N) is 1. The number of nitrogens with zero attached hydrogens (tertiary/aromatic N) is 1. The first-order valence-corrected chi connectivity index (χ1v) is 10.3. The van der Waals surface area contributed by atoms with E-state index in [-0.39, 0.29) is 28.6 Å². The van der Waals surface area contributed by atoms with Crippen LogP contribution in [0.15, 0.2) is 47.4 Å². The predicted molar refractivity (Wildman–Crippen MR) is 107 cm³/mol. The summed E-state index contributed by atoms with van der Waals surface area (Å²) < 4.78 is 65.4. The molecule has 2 aromatic rings. The van der Waals surface area contributed by atoms with E-state index in [4.69, 9.17) is 0 Å². The molecule has 0 radical (unpaired) electrons. The molecule has 0 atom stereocenters. The van der Waals surface area contributed by atoms with Crippen LogP contribution in [0.3, 0.4) is 0 Å². The highest BCUT2D eigenvalue weighted by atomic mass is 35.5. The molecule has 2 N–H and O–H groups in total. The molecule has 0 spiro atoms. The fourth-order valence-electron chi connectivity index (χ4n) is 3.08. The van der Waals surface area contributed by atoms with Gasteiger partial charge in [-0.1, -0.05) is 12.5 Å². The lowest BCUT2D eigenvalue weighted by atomic mass is 10.1. The number of aromatic hydroxyl groups is 1. The molecule has 1 saturated heterocycles. The molecular formula is C19H20ClF3N2O4S. The highest BCUT2D eigenvalue weighted by Gasteiger charge is 2.31. The number of halogens is 4. The molecule has 1 heterocycles. The van der Waals surface area contributed by atoms with Gasteiger partial charge in [0.2, 0.25) is 10.0 Å². The third kappa shape index (κ3) is 5.24. The normalized spacial score (nSPS) is 15.3. The number of rotatable bonds is 4. The van der Waals surface area contributed by atoms with E-state index in [0.29, 0.717) is 13.1 Å². The number of sulfonamides is 1. The van der Waals surface area contributed by atoms with Gasteiger partial charge in [0.25, 0.3) is 5.91 Å². The first-order valence-electron chi connectivity index (χ1n) is 8.91. The Balaban J connectivity index is 0.00000320. The molecule has 11 heteroatoms. The van der Waals surface area contributed by atoms with Gasteiger partial charge in [-0.3, -0.25) is 4.79 Å². The fourth-order valence-corrected chi connectivity index (χ4v) is 4.63. The quantitative estimate of drug-likeness (QED) is 0.707. The predicted octanol–water partition coefficient (Wildman–Crippen LogP) is 4.26. The molecular weight excluding hydrogens is 445 g/mol. The minimum Gasteiger partial charge on any atom is -0.507 e. The standard InChI is InChI=1S/C19H19F3N2O4S.ClH/c20-19(21,22)13-5-4-6-14(11-13)23-18(26)16-12-15(7-8-17(16)25)29(27,28)24-9-2-1-3-10-24;/h4-8,11-12,25H,1-3,9-10H2,(H,23,26);1H. The van der Waals surface area contributed by atoms with Crippen LogP contribution in [0.2, 0.25) is 0 Å². The van der Waals surface area contributed by atoms with Gasteiger partial charge in [-0.15, -0.1) is 12.4 Å². The maximum absolute atomic E-state index is 12.8. The number of carbonyl (C=O) groups is 1. The van der Waals surface area contributed by atoms with Crippen LogP contribution in [0, 0.1) is 0 Å². The summed E-state index contributed by atoms with van der Waals surface area (Å²) in [6.07, 6.45) is -2.17. The number of hydrogen-bond donors (Lipinski definition) is 2. The van der Waals surface area contributed by atoms with Gasteiger partial charge in [-0.25, -0.2) is 8.42 Å². The largest absolute Gasteiger partial charge is 0.507 e. The third-order valence-electron chi connectivity index (χ3n) is 4.61. The molecule has 164 valence electrons. The van der Waals surface area contributed by atoms with Crippen molar-refractivity contribution in [3.8, 4) is 5.75 Å². The molecule has 1 aliphatic heterocycles. The molecule has 1 fully saturated rings. The summed E-state index contributed by atoms with van der Waals surface area (Å²) in [5.41, 5.74) is -1.42. The molecule has 0 saturated carbocycles. The van der Waals surface area contributed by atoms with Gasteiger partial charge in [-0.05, 0) is 49.2 Å². The summed E-state index contributed by atoms with van der Waals surface area (Å²) >= 11 is 0. The highest BCUT2D eigenvalue weighted by Crippen LogP contribution is 2.31. The molecule has 0 unspecified atom stereocenters. The van der Waals surface area contributed by atoms with Crippen molar-refractivity contribution in [2.24, 2.45) is 0 Å². The maximum atomic E-state index is 12.8. The summed E-state index contributed by atoms with van der Waals surface area (Å²) in [6.45, 7) is 0.740. The van der Waals surface area contributed by atoms with E-state index in [1.807, 2.05) is 0 Å². The lowest BCUT2D eigenvalue weighted by molar-refractivity contribution is -0.137. The lowest BCUT2D eigenvalue weighted by Crippen LogP contribution is -2.35. The van der Waals surface area contributed by atoms with Crippen molar-refractivity contribution in [3.05, 3.63) is 53.6 Å². The van der Waals surface area contributed by atoms with Gasteiger partial charge in [0.1, 0.15) is 5.75 Å². The van der Waals surface area contributed by atoms with Crippen LogP contribution >= 0.6 is 12.4 Å². The second-order valence-corrected chi connectivity index (χ2v) is 8.61. The first kappa shape index (κ1) is 24.0. The van der Waals surface area contributed by atoms with Crippen molar-refractivity contribution < 1.29 is 31.5 Å². The highest BCUT2D eigenvalue weighted by molar-refractivity contribution is 7.89. The minimum absolute atomic E-state index is 0. The van der Waals surface area contributed by atoms with Gasteiger partial charge < -0.3 is 10.4 Å². The van der Waals surface area contributed by atoms with E-state index in [2.05, 4.69) is 5.32 Å². The Labute approximate surface area is 178 Å². The molecule has 6 nitrogen and oxygen atoms in total. The Kier molecular flexibility index (Phi) is 7.38. The Bertz CT molecular complexity index is 1020. The van der Waals surface area contributed by atoms with Crippen LogP contribution in [0.4, 0.5) is 18.9 Å². The number of carbonyl (C=O) groups excluding carboxylic acids is 1. The SMILES string of the molecule is Cl.O=C(Nc1cccc(C(F)(F)F)c1)c1cc(S(=O)(=O)N2CCCCC2)ccc1O. The zero-order valence-corrected chi connectivity index (χ0v) is 17.3. The first-order chi connectivity index (χ1) is 13.6. The third-order valence-corrected chi connectivity index (χ3v) is 6.51. The van der Waals surface area contributed by atoms with Crippen molar-refractivity contribution in [1.82, 2.24) is 4.31 Å². The van der Waals surface area contributed by atoms with Crippen LogP contribution < -0.4 is 5.32 Å². The van der Waals surface area contributed by atoms with E-state index in [9.17, 15) is 31.5 Å². The fraction of sp³-hybridized carbons (Fsp3) is 0.316. The average molecular weight is 465 g/mol. The second-order valence-electron chi connectivity index (χ2n) is 6.68. The van der Waals surface area contributed by atoms with Gasteiger partial charge in [0.05, 0.1) is 16.0 Å². The van der Waals surface area contributed by atoms with E-state index < -0.39 is 33.4 Å². The van der Waals surface area contributed by atoms with Gasteiger partial charge in [-0.2, -0.15) is 17.5 Å². The molecule has 2 aromatic carbocycles. The maximum Gasteiger partial charge on any atom is 0.416 e. The smallest absolute Gasteiger partial charge is 0.416 e. The van der Waals surface area contributed by atoms with E-state index in [1.54, 1.807) is 0 Å². The summed E-state index contributed by atoms with van der Waals surface area (Å²) in [4.78, 5) is 12.3. The van der Waals surface area contributed by atoms with E-state index in [1.165, 1.54) is 16.4 Å². The number of piperidine rings is 1. The van der Waals surface area contributed by atoms with Crippen molar-refractivity contribution >= 4 is 34.0 Å². The summed E-state index contributed by atoms with van der Waals surface area (Å²) in [6, 6.07) is 7.32. The van der Waals surface area contributed by atoms with Crippen molar-refractivity contribution in [1.29, 1.82) is 0 Å². The number of phenols is 1. The molecule has 1 aliphatic rings. The zero-order valence-electron chi connectivity index (χ0n) is 15.6. The van der Waals surface area contributed by atoms with Crippen molar-refractivity contribution in [3.63, 3.8) is 0 Å². The summed E-state index contributed by atoms with van der Waals surface area (Å²) in [5, 5.41) is 12.3. The van der Waals surface area contributed by atoms with Crippen LogP contribution in [0.5, 0.6) is 5.75 Å². The number of alkyl halides is 3. The van der Waals surface area contributed by atoms with Gasteiger partial charge in [0.15, 0.2) is 0 Å². The Morgan fingerprint density at radius 2 is 1.70 bits per heavy atom. The second kappa shape index (κ2) is 9.23. The molecule has 30 heavy (non-hydrogen) atoms. The van der Waals surface area contributed by atoms with Crippen LogP contribution in [-0.2, 0) is 16.2 Å². The monoisotopic (exact) mass is 464 g/mol. The van der Waals surface area contributed by atoms with E-state index >= 15 is 0 Å². The summed E-state index contributed by atoms with van der Waals surface area (Å²) in [7, 11) is -3.84. The number of hydrogen-bond acceptors (Lipinski definition) is 4. The Morgan fingerprint density at radius 1 is 1.03 bits per heavy atom. The van der Waals surface area contributed by atoms with E-state index in [0.717, 1.165) is 49.6 Å².